The molecule has 0 fully saturated rings. The lowest BCUT2D eigenvalue weighted by molar-refractivity contribution is -0.176. The summed E-state index contributed by atoms with van der Waals surface area (Å²) in [5.41, 5.74) is 0. The van der Waals surface area contributed by atoms with Crippen molar-refractivity contribution in [3.8, 4) is 0 Å². The standard InChI is InChI=1S/C8H12O7/c1-3(2)7(13)15-8(14)5(10)4(9)6(11)12/h3-5,9-10H,1-2H3,(H,11,12). The molecule has 0 aromatic heterocycles. The number of hydrogen-bond acceptors (Lipinski definition) is 6. The highest BCUT2D eigenvalue weighted by Gasteiger charge is 2.33. The number of aliphatic hydroxyl groups excluding tert-OH is 2. The fraction of sp³-hybridized carbons (Fsp3) is 0.625. The van der Waals surface area contributed by atoms with E-state index in [1.54, 1.807) is 0 Å². The Morgan fingerprint density at radius 1 is 1.00 bits per heavy atom. The molecule has 0 aliphatic heterocycles. The van der Waals surface area contributed by atoms with Crippen LogP contribution in [0.25, 0.3) is 0 Å². The van der Waals surface area contributed by atoms with Gasteiger partial charge in [-0.25, -0.2) is 9.59 Å². The zero-order valence-corrected chi connectivity index (χ0v) is 8.21. The number of carboxylic acids is 1. The quantitative estimate of drug-likeness (QED) is 0.390. The third-order valence-corrected chi connectivity index (χ3v) is 1.47. The molecule has 0 heterocycles. The summed E-state index contributed by atoms with van der Waals surface area (Å²) in [6.07, 6.45) is -4.58. The van der Waals surface area contributed by atoms with Crippen LogP contribution in [0, 0.1) is 5.92 Å². The number of aliphatic hydroxyl groups is 2. The van der Waals surface area contributed by atoms with E-state index in [-0.39, 0.29) is 0 Å². The summed E-state index contributed by atoms with van der Waals surface area (Å²) in [7, 11) is 0. The molecule has 15 heavy (non-hydrogen) atoms. The van der Waals surface area contributed by atoms with Crippen LogP contribution >= 0.6 is 0 Å². The molecule has 0 bridgehead atoms. The second-order valence-electron chi connectivity index (χ2n) is 3.12. The van der Waals surface area contributed by atoms with Gasteiger partial charge < -0.3 is 20.1 Å². The molecule has 2 atom stereocenters. The summed E-state index contributed by atoms with van der Waals surface area (Å²) in [4.78, 5) is 31.9. The van der Waals surface area contributed by atoms with Crippen molar-refractivity contribution in [3.63, 3.8) is 0 Å². The SMILES string of the molecule is CC(C)C(=O)OC(=O)C(O)C(O)C(=O)O. The lowest BCUT2D eigenvalue weighted by Crippen LogP contribution is -2.41. The van der Waals surface area contributed by atoms with Crippen LogP contribution < -0.4 is 0 Å². The molecule has 2 unspecified atom stereocenters. The Balaban J connectivity index is 4.34. The lowest BCUT2D eigenvalue weighted by atomic mass is 10.2. The van der Waals surface area contributed by atoms with E-state index in [0.29, 0.717) is 0 Å². The highest BCUT2D eigenvalue weighted by molar-refractivity contribution is 5.91. The van der Waals surface area contributed by atoms with E-state index in [0.717, 1.165) is 0 Å². The molecular formula is C8H12O7. The van der Waals surface area contributed by atoms with Crippen molar-refractivity contribution in [2.75, 3.05) is 0 Å². The van der Waals surface area contributed by atoms with Gasteiger partial charge in [0.15, 0.2) is 12.2 Å². The van der Waals surface area contributed by atoms with E-state index in [1.807, 2.05) is 0 Å². The third-order valence-electron chi connectivity index (χ3n) is 1.47. The molecule has 0 saturated carbocycles. The van der Waals surface area contributed by atoms with E-state index >= 15 is 0 Å². The first-order valence-electron chi connectivity index (χ1n) is 4.11. The number of ether oxygens (including phenoxy) is 1. The van der Waals surface area contributed by atoms with Crippen molar-refractivity contribution < 1.29 is 34.4 Å². The Kier molecular flexibility index (Phi) is 4.89. The molecule has 7 nitrogen and oxygen atoms in total. The van der Waals surface area contributed by atoms with Crippen LogP contribution in [-0.2, 0) is 19.1 Å². The lowest BCUT2D eigenvalue weighted by Gasteiger charge is -2.12. The summed E-state index contributed by atoms with van der Waals surface area (Å²) in [6.45, 7) is 2.91. The largest absolute Gasteiger partial charge is 0.479 e. The van der Waals surface area contributed by atoms with Gasteiger partial charge in [-0.15, -0.1) is 0 Å². The Labute approximate surface area is 85.3 Å². The van der Waals surface area contributed by atoms with Crippen LogP contribution in [0.15, 0.2) is 0 Å². The second kappa shape index (κ2) is 5.42. The maximum Gasteiger partial charge on any atom is 0.346 e. The Hall–Kier alpha value is -1.47. The Bertz CT molecular complexity index is 270. The molecule has 0 rings (SSSR count). The molecule has 0 saturated heterocycles. The van der Waals surface area contributed by atoms with Crippen molar-refractivity contribution in [2.45, 2.75) is 26.1 Å². The maximum atomic E-state index is 10.9. The normalized spacial score (nSPS) is 14.5. The minimum atomic E-state index is -2.31. The number of aliphatic carboxylic acids is 1. The number of hydrogen-bond donors (Lipinski definition) is 3. The topological polar surface area (TPSA) is 121 Å². The summed E-state index contributed by atoms with van der Waals surface area (Å²) < 4.78 is 4.09. The first-order valence-corrected chi connectivity index (χ1v) is 4.11. The van der Waals surface area contributed by atoms with Crippen LogP contribution in [0.2, 0.25) is 0 Å². The average molecular weight is 220 g/mol. The first kappa shape index (κ1) is 13.5. The molecular weight excluding hydrogens is 208 g/mol. The van der Waals surface area contributed by atoms with Gasteiger partial charge in [-0.05, 0) is 0 Å². The number of carboxylic acid groups (broad SMARTS) is 1. The fourth-order valence-corrected chi connectivity index (χ4v) is 0.541. The van der Waals surface area contributed by atoms with Crippen LogP contribution in [0.3, 0.4) is 0 Å². The molecule has 0 aromatic rings. The zero-order chi connectivity index (χ0) is 12.2. The second-order valence-corrected chi connectivity index (χ2v) is 3.12. The summed E-state index contributed by atoms with van der Waals surface area (Å²) >= 11 is 0. The Morgan fingerprint density at radius 3 is 1.80 bits per heavy atom. The number of esters is 2. The molecule has 0 aromatic carbocycles. The predicted octanol–water partition coefficient (Wildman–Crippen LogP) is -1.48. The smallest absolute Gasteiger partial charge is 0.346 e. The molecule has 0 amide bonds. The van der Waals surface area contributed by atoms with E-state index in [4.69, 9.17) is 15.3 Å². The van der Waals surface area contributed by atoms with Crippen molar-refractivity contribution in [3.05, 3.63) is 0 Å². The van der Waals surface area contributed by atoms with Gasteiger partial charge >= 0.3 is 17.9 Å². The minimum absolute atomic E-state index is 0.594. The van der Waals surface area contributed by atoms with Gasteiger partial charge in [-0.2, -0.15) is 0 Å². The van der Waals surface area contributed by atoms with Crippen LogP contribution in [0.1, 0.15) is 13.8 Å². The highest BCUT2D eigenvalue weighted by Crippen LogP contribution is 2.01. The fourth-order valence-electron chi connectivity index (χ4n) is 0.541. The van der Waals surface area contributed by atoms with Crippen molar-refractivity contribution >= 4 is 17.9 Å². The molecule has 0 aliphatic carbocycles. The molecule has 86 valence electrons. The van der Waals surface area contributed by atoms with Gasteiger partial charge in [0.05, 0.1) is 5.92 Å². The van der Waals surface area contributed by atoms with Crippen LogP contribution in [0.5, 0.6) is 0 Å². The van der Waals surface area contributed by atoms with Crippen molar-refractivity contribution in [1.29, 1.82) is 0 Å². The monoisotopic (exact) mass is 220 g/mol. The number of rotatable bonds is 4. The van der Waals surface area contributed by atoms with Gasteiger partial charge in [-0.1, -0.05) is 13.8 Å². The third kappa shape index (κ3) is 4.05. The van der Waals surface area contributed by atoms with Gasteiger partial charge in [0.2, 0.25) is 0 Å². The van der Waals surface area contributed by atoms with E-state index in [9.17, 15) is 14.4 Å². The molecule has 0 radical (unpaired) electrons. The van der Waals surface area contributed by atoms with Crippen molar-refractivity contribution in [2.24, 2.45) is 5.92 Å². The van der Waals surface area contributed by atoms with Crippen LogP contribution in [0.4, 0.5) is 0 Å². The number of carbonyl (C=O) groups excluding carboxylic acids is 2. The van der Waals surface area contributed by atoms with Gasteiger partial charge in [-0.3, -0.25) is 4.79 Å². The average Bonchev–Trinajstić information content (AvgIpc) is 2.14. The van der Waals surface area contributed by atoms with Gasteiger partial charge in [0.25, 0.3) is 0 Å². The van der Waals surface area contributed by atoms with Crippen molar-refractivity contribution in [1.82, 2.24) is 0 Å². The van der Waals surface area contributed by atoms with E-state index in [1.165, 1.54) is 13.8 Å². The molecule has 0 spiro atoms. The first-order chi connectivity index (χ1) is 6.77. The van der Waals surface area contributed by atoms with Gasteiger partial charge in [0, 0.05) is 0 Å². The number of carbonyl (C=O) groups is 3. The minimum Gasteiger partial charge on any atom is -0.479 e. The molecule has 3 N–H and O–H groups in total. The maximum absolute atomic E-state index is 10.9. The summed E-state index contributed by atoms with van der Waals surface area (Å²) in [6, 6.07) is 0. The summed E-state index contributed by atoms with van der Waals surface area (Å²) in [5.74, 6) is -4.76. The van der Waals surface area contributed by atoms with Gasteiger partial charge in [0.1, 0.15) is 0 Å². The molecule has 7 heteroatoms. The van der Waals surface area contributed by atoms with E-state index < -0.39 is 36.0 Å². The zero-order valence-electron chi connectivity index (χ0n) is 8.21. The Morgan fingerprint density at radius 2 is 1.47 bits per heavy atom. The highest BCUT2D eigenvalue weighted by atomic mass is 16.6. The summed E-state index contributed by atoms with van der Waals surface area (Å²) in [5, 5.41) is 25.9. The molecule has 0 aliphatic rings. The van der Waals surface area contributed by atoms with Crippen LogP contribution in [-0.4, -0.2) is 45.4 Å². The van der Waals surface area contributed by atoms with E-state index in [2.05, 4.69) is 4.74 Å². The predicted molar refractivity (Wildman–Crippen MR) is 45.6 cm³/mol.